The minimum Gasteiger partial charge on any atom is -0.396 e. The van der Waals surface area contributed by atoms with E-state index >= 15 is 0 Å². The zero-order valence-corrected chi connectivity index (χ0v) is 11.2. The zero-order valence-electron chi connectivity index (χ0n) is 11.2. The summed E-state index contributed by atoms with van der Waals surface area (Å²) >= 11 is 0. The maximum atomic E-state index is 11.7. The summed E-state index contributed by atoms with van der Waals surface area (Å²) in [5, 5.41) is 9.23. The lowest BCUT2D eigenvalue weighted by molar-refractivity contribution is -0.118. The van der Waals surface area contributed by atoms with Gasteiger partial charge in [0, 0.05) is 31.2 Å². The molecular formula is C15H19NO3. The fraction of sp³-hybridized carbons (Fsp3) is 0.533. The predicted octanol–water partition coefficient (Wildman–Crippen LogP) is 1.25. The monoisotopic (exact) mass is 261 g/mol. The Balaban J connectivity index is 1.95. The number of amides is 1. The van der Waals surface area contributed by atoms with Crippen molar-refractivity contribution in [3.63, 3.8) is 0 Å². The van der Waals surface area contributed by atoms with Crippen molar-refractivity contribution >= 4 is 11.6 Å². The Hall–Kier alpha value is -1.39. The third-order valence-electron chi connectivity index (χ3n) is 4.38. The minimum absolute atomic E-state index is 0.0240. The highest BCUT2D eigenvalue weighted by Crippen LogP contribution is 2.38. The average molecular weight is 261 g/mol. The fourth-order valence-electron chi connectivity index (χ4n) is 3.00. The number of carbonyl (C=O) groups excluding carboxylic acids is 1. The molecule has 0 unspecified atom stereocenters. The van der Waals surface area contributed by atoms with Gasteiger partial charge in [-0.15, -0.1) is 0 Å². The summed E-state index contributed by atoms with van der Waals surface area (Å²) in [6.07, 6.45) is 2.12. The van der Waals surface area contributed by atoms with Crippen molar-refractivity contribution in [3.05, 3.63) is 29.3 Å². The lowest BCUT2D eigenvalue weighted by Crippen LogP contribution is -2.47. The Morgan fingerprint density at radius 1 is 1.37 bits per heavy atom. The molecule has 0 bridgehead atoms. The molecule has 102 valence electrons. The van der Waals surface area contributed by atoms with Gasteiger partial charge in [-0.2, -0.15) is 0 Å². The highest BCUT2D eigenvalue weighted by atomic mass is 16.5. The van der Waals surface area contributed by atoms with Crippen molar-refractivity contribution in [2.24, 2.45) is 0 Å². The topological polar surface area (TPSA) is 49.8 Å². The summed E-state index contributed by atoms with van der Waals surface area (Å²) in [7, 11) is 1.83. The summed E-state index contributed by atoms with van der Waals surface area (Å²) in [4.78, 5) is 13.4. The van der Waals surface area contributed by atoms with Gasteiger partial charge in [-0.25, -0.2) is 0 Å². The van der Waals surface area contributed by atoms with Crippen LogP contribution in [0, 0.1) is 0 Å². The van der Waals surface area contributed by atoms with Gasteiger partial charge in [-0.1, -0.05) is 12.1 Å². The second-order valence-corrected chi connectivity index (χ2v) is 5.54. The molecule has 4 heteroatoms. The van der Waals surface area contributed by atoms with Crippen LogP contribution in [0.4, 0.5) is 5.69 Å². The van der Waals surface area contributed by atoms with Crippen LogP contribution in [-0.2, 0) is 21.4 Å². The predicted molar refractivity (Wildman–Crippen MR) is 72.4 cm³/mol. The van der Waals surface area contributed by atoms with E-state index in [9.17, 15) is 9.90 Å². The number of anilines is 1. The van der Waals surface area contributed by atoms with Crippen LogP contribution in [0.3, 0.4) is 0 Å². The van der Waals surface area contributed by atoms with Crippen LogP contribution in [0.1, 0.15) is 24.0 Å². The number of aryl methyl sites for hydroxylation is 1. The van der Waals surface area contributed by atoms with E-state index in [-0.39, 0.29) is 17.9 Å². The number of hydrogen-bond acceptors (Lipinski definition) is 3. The van der Waals surface area contributed by atoms with Crippen LogP contribution in [-0.4, -0.2) is 37.9 Å². The molecule has 0 atom stereocenters. The highest BCUT2D eigenvalue weighted by molar-refractivity contribution is 5.95. The first kappa shape index (κ1) is 12.6. The molecule has 2 aliphatic heterocycles. The Bertz CT molecular complexity index is 508. The number of benzene rings is 1. The van der Waals surface area contributed by atoms with Crippen molar-refractivity contribution in [2.75, 3.05) is 31.8 Å². The molecule has 1 aromatic rings. The first-order valence-electron chi connectivity index (χ1n) is 6.75. The van der Waals surface area contributed by atoms with Crippen LogP contribution in [0.5, 0.6) is 0 Å². The van der Waals surface area contributed by atoms with Crippen molar-refractivity contribution in [1.82, 2.24) is 0 Å². The molecule has 1 amide bonds. The van der Waals surface area contributed by atoms with Crippen molar-refractivity contribution in [2.45, 2.75) is 24.7 Å². The zero-order chi connectivity index (χ0) is 13.5. The largest absolute Gasteiger partial charge is 0.396 e. The van der Waals surface area contributed by atoms with Gasteiger partial charge in [0.05, 0.1) is 13.2 Å². The molecule has 1 N–H and O–H groups in total. The quantitative estimate of drug-likeness (QED) is 0.890. The minimum atomic E-state index is -0.0240. The van der Waals surface area contributed by atoms with Gasteiger partial charge >= 0.3 is 0 Å². The second-order valence-electron chi connectivity index (χ2n) is 5.54. The van der Waals surface area contributed by atoms with Crippen LogP contribution in [0.25, 0.3) is 0 Å². The molecule has 4 nitrogen and oxygen atoms in total. The van der Waals surface area contributed by atoms with Crippen LogP contribution >= 0.6 is 0 Å². The maximum Gasteiger partial charge on any atom is 0.227 e. The maximum absolute atomic E-state index is 11.7. The number of hydrogen-bond donors (Lipinski definition) is 1. The summed E-state index contributed by atoms with van der Waals surface area (Å²) in [6.45, 7) is 1.54. The van der Waals surface area contributed by atoms with E-state index < -0.39 is 0 Å². The van der Waals surface area contributed by atoms with E-state index in [1.54, 1.807) is 4.90 Å². The molecule has 0 spiro atoms. The third-order valence-corrected chi connectivity index (χ3v) is 4.38. The number of ether oxygens (including phenoxy) is 1. The lowest BCUT2D eigenvalue weighted by atomic mass is 9.75. The second kappa shape index (κ2) is 4.62. The van der Waals surface area contributed by atoms with E-state index in [0.29, 0.717) is 19.6 Å². The molecule has 19 heavy (non-hydrogen) atoms. The van der Waals surface area contributed by atoms with Gasteiger partial charge < -0.3 is 14.7 Å². The summed E-state index contributed by atoms with van der Waals surface area (Å²) in [6, 6.07) is 6.29. The molecule has 0 saturated carbocycles. The summed E-state index contributed by atoms with van der Waals surface area (Å²) < 4.78 is 5.35. The summed E-state index contributed by atoms with van der Waals surface area (Å²) in [5.74, 6) is 0.178. The van der Waals surface area contributed by atoms with E-state index in [1.807, 2.05) is 13.1 Å². The van der Waals surface area contributed by atoms with Gasteiger partial charge in [0.2, 0.25) is 5.91 Å². The number of nitrogens with zero attached hydrogens (tertiary/aromatic N) is 1. The van der Waals surface area contributed by atoms with Gasteiger partial charge in [0.15, 0.2) is 0 Å². The highest BCUT2D eigenvalue weighted by Gasteiger charge is 2.40. The lowest BCUT2D eigenvalue weighted by Gasteiger charge is -2.42. The number of fused-ring (bicyclic) bond motifs is 1. The molecule has 1 saturated heterocycles. The van der Waals surface area contributed by atoms with Crippen LogP contribution in [0.2, 0.25) is 0 Å². The van der Waals surface area contributed by atoms with Gasteiger partial charge in [0.25, 0.3) is 0 Å². The Morgan fingerprint density at radius 3 is 2.79 bits per heavy atom. The van der Waals surface area contributed by atoms with Gasteiger partial charge in [0.1, 0.15) is 0 Å². The molecule has 1 fully saturated rings. The Labute approximate surface area is 113 Å². The molecule has 1 aromatic carbocycles. The number of rotatable bonds is 3. The van der Waals surface area contributed by atoms with Crippen molar-refractivity contribution in [1.29, 1.82) is 0 Å². The van der Waals surface area contributed by atoms with E-state index in [0.717, 1.165) is 18.5 Å². The molecule has 2 aliphatic rings. The first-order chi connectivity index (χ1) is 9.16. The Morgan fingerprint density at radius 2 is 2.16 bits per heavy atom. The molecule has 0 radical (unpaired) electrons. The average Bonchev–Trinajstić information content (AvgIpc) is 2.38. The molecule has 0 aliphatic carbocycles. The number of carbonyl (C=O) groups is 1. The number of aliphatic hydroxyl groups excluding tert-OH is 1. The van der Waals surface area contributed by atoms with E-state index in [4.69, 9.17) is 4.74 Å². The smallest absolute Gasteiger partial charge is 0.227 e. The first-order valence-corrected chi connectivity index (χ1v) is 6.75. The molecule has 2 heterocycles. The third kappa shape index (κ3) is 1.95. The van der Waals surface area contributed by atoms with E-state index in [2.05, 4.69) is 12.1 Å². The van der Waals surface area contributed by atoms with Gasteiger partial charge in [-0.3, -0.25) is 4.79 Å². The van der Waals surface area contributed by atoms with Crippen LogP contribution < -0.4 is 4.90 Å². The molecular weight excluding hydrogens is 242 g/mol. The Kier molecular flexibility index (Phi) is 3.07. The standard InChI is InChI=1S/C15H19NO3/c1-16-13-4-3-12(8-11(13)2-5-14(16)18)15(6-7-17)9-19-10-15/h3-4,8,17H,2,5-7,9-10H2,1H3. The van der Waals surface area contributed by atoms with Crippen molar-refractivity contribution in [3.8, 4) is 0 Å². The van der Waals surface area contributed by atoms with Crippen molar-refractivity contribution < 1.29 is 14.6 Å². The molecule has 3 rings (SSSR count). The fourth-order valence-corrected chi connectivity index (χ4v) is 3.00. The SMILES string of the molecule is CN1C(=O)CCc2cc(C3(CCO)COC3)ccc21. The summed E-state index contributed by atoms with van der Waals surface area (Å²) in [5.41, 5.74) is 3.45. The van der Waals surface area contributed by atoms with Gasteiger partial charge in [-0.05, 0) is 30.0 Å². The normalized spacial score (nSPS) is 20.9. The van der Waals surface area contributed by atoms with Crippen LogP contribution in [0.15, 0.2) is 18.2 Å². The molecule has 0 aromatic heterocycles. The van der Waals surface area contributed by atoms with E-state index in [1.165, 1.54) is 11.1 Å². The number of aliphatic hydroxyl groups is 1.